The van der Waals surface area contributed by atoms with Crippen LogP contribution >= 0.6 is 0 Å². The van der Waals surface area contributed by atoms with Crippen LogP contribution in [0.5, 0.6) is 5.88 Å². The van der Waals surface area contributed by atoms with Crippen molar-refractivity contribution in [1.82, 2.24) is 4.98 Å². The molecule has 0 fully saturated rings. The Bertz CT molecular complexity index is 513. The first-order chi connectivity index (χ1) is 8.69. The lowest BCUT2D eigenvalue weighted by Gasteiger charge is -2.11. The van der Waals surface area contributed by atoms with E-state index in [-0.39, 0.29) is 5.82 Å². The third kappa shape index (κ3) is 3.05. The molecule has 94 valence electrons. The number of aliphatic hydroxyl groups excluding tert-OH is 1. The summed E-state index contributed by atoms with van der Waals surface area (Å²) in [6, 6.07) is 11.3. The summed E-state index contributed by atoms with van der Waals surface area (Å²) >= 11 is 0. The number of hydrogen-bond donors (Lipinski definition) is 1. The molecule has 18 heavy (non-hydrogen) atoms. The molecule has 3 nitrogen and oxygen atoms in total. The van der Waals surface area contributed by atoms with Gasteiger partial charge in [-0.15, -0.1) is 0 Å². The minimum Gasteiger partial charge on any atom is -0.481 e. The molecule has 0 bridgehead atoms. The van der Waals surface area contributed by atoms with Crippen molar-refractivity contribution in [3.8, 4) is 5.88 Å². The van der Waals surface area contributed by atoms with Gasteiger partial charge in [0.25, 0.3) is 0 Å². The van der Waals surface area contributed by atoms with Crippen molar-refractivity contribution >= 4 is 0 Å². The molecule has 0 aliphatic carbocycles. The largest absolute Gasteiger partial charge is 0.481 e. The monoisotopic (exact) mass is 247 g/mol. The standard InChI is InChI=1S/C14H14FNO2/c1-18-14-4-2-3-12(16-14)13(17)9-10-5-7-11(15)8-6-10/h2-8,13,17H,9H2,1H3. The number of pyridine rings is 1. The normalized spacial score (nSPS) is 12.2. The van der Waals surface area contributed by atoms with E-state index in [1.807, 2.05) is 0 Å². The minimum atomic E-state index is -0.731. The molecule has 1 heterocycles. The highest BCUT2D eigenvalue weighted by Gasteiger charge is 2.11. The number of hydrogen-bond acceptors (Lipinski definition) is 3. The molecule has 2 aromatic rings. The highest BCUT2D eigenvalue weighted by Crippen LogP contribution is 2.18. The van der Waals surface area contributed by atoms with Crippen LogP contribution in [0, 0.1) is 5.82 Å². The SMILES string of the molecule is COc1cccc(C(O)Cc2ccc(F)cc2)n1. The van der Waals surface area contributed by atoms with Gasteiger partial charge < -0.3 is 9.84 Å². The second-order valence-electron chi connectivity index (χ2n) is 3.95. The van der Waals surface area contributed by atoms with Crippen LogP contribution in [0.4, 0.5) is 4.39 Å². The fourth-order valence-electron chi connectivity index (χ4n) is 1.68. The van der Waals surface area contributed by atoms with Crippen molar-refractivity contribution in [1.29, 1.82) is 0 Å². The molecule has 0 spiro atoms. The summed E-state index contributed by atoms with van der Waals surface area (Å²) in [6.07, 6.45) is -0.342. The van der Waals surface area contributed by atoms with Gasteiger partial charge in [-0.1, -0.05) is 18.2 Å². The van der Waals surface area contributed by atoms with Crippen LogP contribution in [-0.2, 0) is 6.42 Å². The Kier molecular flexibility index (Phi) is 3.89. The molecule has 0 amide bonds. The second-order valence-corrected chi connectivity index (χ2v) is 3.95. The van der Waals surface area contributed by atoms with Crippen molar-refractivity contribution in [2.45, 2.75) is 12.5 Å². The van der Waals surface area contributed by atoms with Gasteiger partial charge in [-0.2, -0.15) is 0 Å². The highest BCUT2D eigenvalue weighted by molar-refractivity contribution is 5.21. The van der Waals surface area contributed by atoms with E-state index < -0.39 is 6.10 Å². The zero-order valence-corrected chi connectivity index (χ0v) is 10.0. The van der Waals surface area contributed by atoms with Gasteiger partial charge in [0.2, 0.25) is 5.88 Å². The van der Waals surface area contributed by atoms with Crippen molar-refractivity contribution in [3.05, 3.63) is 59.5 Å². The van der Waals surface area contributed by atoms with E-state index in [4.69, 9.17) is 4.74 Å². The molecule has 1 unspecified atom stereocenters. The van der Waals surface area contributed by atoms with Gasteiger partial charge in [-0.05, 0) is 23.8 Å². The lowest BCUT2D eigenvalue weighted by molar-refractivity contribution is 0.172. The highest BCUT2D eigenvalue weighted by atomic mass is 19.1. The van der Waals surface area contributed by atoms with Crippen LogP contribution < -0.4 is 4.74 Å². The van der Waals surface area contributed by atoms with Crippen LogP contribution in [0.1, 0.15) is 17.4 Å². The Morgan fingerprint density at radius 2 is 1.94 bits per heavy atom. The quantitative estimate of drug-likeness (QED) is 0.902. The number of aromatic nitrogens is 1. The molecule has 1 atom stereocenters. The molecule has 0 saturated heterocycles. The van der Waals surface area contributed by atoms with Gasteiger partial charge in [-0.3, -0.25) is 0 Å². The van der Waals surface area contributed by atoms with Gasteiger partial charge in [0.15, 0.2) is 0 Å². The number of nitrogens with zero attached hydrogens (tertiary/aromatic N) is 1. The first-order valence-electron chi connectivity index (χ1n) is 5.62. The van der Waals surface area contributed by atoms with E-state index >= 15 is 0 Å². The summed E-state index contributed by atoms with van der Waals surface area (Å²) in [7, 11) is 1.53. The van der Waals surface area contributed by atoms with Crippen LogP contribution in [-0.4, -0.2) is 17.2 Å². The van der Waals surface area contributed by atoms with Crippen LogP contribution in [0.2, 0.25) is 0 Å². The van der Waals surface area contributed by atoms with E-state index in [1.165, 1.54) is 19.2 Å². The number of benzene rings is 1. The number of halogens is 1. The maximum Gasteiger partial charge on any atom is 0.213 e. The summed E-state index contributed by atoms with van der Waals surface area (Å²) in [5.41, 5.74) is 1.40. The Morgan fingerprint density at radius 3 is 2.61 bits per heavy atom. The summed E-state index contributed by atoms with van der Waals surface area (Å²) < 4.78 is 17.8. The zero-order valence-electron chi connectivity index (χ0n) is 10.0. The molecule has 1 aromatic carbocycles. The molecule has 2 rings (SSSR count). The Hall–Kier alpha value is -1.94. The predicted molar refractivity (Wildman–Crippen MR) is 65.9 cm³/mol. The van der Waals surface area contributed by atoms with E-state index in [9.17, 15) is 9.50 Å². The summed E-state index contributed by atoms with van der Waals surface area (Å²) in [6.45, 7) is 0. The predicted octanol–water partition coefficient (Wildman–Crippen LogP) is 2.51. The van der Waals surface area contributed by atoms with Gasteiger partial charge in [0.1, 0.15) is 11.9 Å². The van der Waals surface area contributed by atoms with Crippen molar-refractivity contribution < 1.29 is 14.2 Å². The molecule has 0 aliphatic heterocycles. The van der Waals surface area contributed by atoms with Crippen molar-refractivity contribution in [2.24, 2.45) is 0 Å². The molecule has 1 N–H and O–H groups in total. The van der Waals surface area contributed by atoms with Gasteiger partial charge in [0, 0.05) is 12.5 Å². The summed E-state index contributed by atoms with van der Waals surface area (Å²) in [5.74, 6) is 0.179. The average Bonchev–Trinajstić information content (AvgIpc) is 2.41. The fraction of sp³-hybridized carbons (Fsp3) is 0.214. The average molecular weight is 247 g/mol. The first-order valence-corrected chi connectivity index (χ1v) is 5.62. The van der Waals surface area contributed by atoms with Crippen LogP contribution in [0.15, 0.2) is 42.5 Å². The summed E-state index contributed by atoms with van der Waals surface area (Å²) in [5, 5.41) is 10.1. The van der Waals surface area contributed by atoms with Crippen LogP contribution in [0.3, 0.4) is 0 Å². The third-order valence-corrected chi connectivity index (χ3v) is 2.64. The Morgan fingerprint density at radius 1 is 1.22 bits per heavy atom. The van der Waals surface area contributed by atoms with E-state index in [2.05, 4.69) is 4.98 Å². The number of rotatable bonds is 4. The lowest BCUT2D eigenvalue weighted by atomic mass is 10.1. The van der Waals surface area contributed by atoms with Crippen molar-refractivity contribution in [3.63, 3.8) is 0 Å². The molecule has 0 saturated carbocycles. The van der Waals surface area contributed by atoms with E-state index in [1.54, 1.807) is 30.3 Å². The Labute approximate surface area is 105 Å². The Balaban J connectivity index is 2.11. The molecule has 0 aliphatic rings. The number of methoxy groups -OCH3 is 1. The fourth-order valence-corrected chi connectivity index (χ4v) is 1.68. The maximum atomic E-state index is 12.8. The second kappa shape index (κ2) is 5.60. The maximum absolute atomic E-state index is 12.8. The molecule has 4 heteroatoms. The van der Waals surface area contributed by atoms with Crippen LogP contribution in [0.25, 0.3) is 0 Å². The first kappa shape index (κ1) is 12.5. The third-order valence-electron chi connectivity index (χ3n) is 2.64. The van der Waals surface area contributed by atoms with Gasteiger partial charge in [-0.25, -0.2) is 9.37 Å². The number of aliphatic hydroxyl groups is 1. The van der Waals surface area contributed by atoms with E-state index in [0.29, 0.717) is 18.0 Å². The number of ether oxygens (including phenoxy) is 1. The molecule has 0 radical (unpaired) electrons. The zero-order chi connectivity index (χ0) is 13.0. The lowest BCUT2D eigenvalue weighted by Crippen LogP contribution is -2.05. The van der Waals surface area contributed by atoms with Gasteiger partial charge in [0.05, 0.1) is 12.8 Å². The molecular formula is C14H14FNO2. The molecule has 1 aromatic heterocycles. The summed E-state index contributed by atoms with van der Waals surface area (Å²) in [4.78, 5) is 4.16. The van der Waals surface area contributed by atoms with Crippen molar-refractivity contribution in [2.75, 3.05) is 7.11 Å². The smallest absolute Gasteiger partial charge is 0.213 e. The topological polar surface area (TPSA) is 42.4 Å². The van der Waals surface area contributed by atoms with E-state index in [0.717, 1.165) is 5.56 Å². The molecular weight excluding hydrogens is 233 g/mol. The minimum absolute atomic E-state index is 0.284. The van der Waals surface area contributed by atoms with Gasteiger partial charge >= 0.3 is 0 Å².